The maximum atomic E-state index is 6.35. The first-order valence-electron chi connectivity index (χ1n) is 6.38. The highest BCUT2D eigenvalue weighted by Crippen LogP contribution is 2.27. The van der Waals surface area contributed by atoms with Crippen LogP contribution >= 0.6 is 11.6 Å². The van der Waals surface area contributed by atoms with Gasteiger partial charge in [-0.1, -0.05) is 29.8 Å². The number of nitrogens with one attached hydrogen (secondary N) is 1. The molecule has 0 aliphatic carbocycles. The number of rotatable bonds is 5. The molecule has 102 valence electrons. The third-order valence-corrected chi connectivity index (χ3v) is 3.77. The van der Waals surface area contributed by atoms with Crippen LogP contribution in [0, 0.1) is 6.92 Å². The molecule has 1 unspecified atom stereocenters. The highest BCUT2D eigenvalue weighted by Gasteiger charge is 2.15. The van der Waals surface area contributed by atoms with E-state index in [1.807, 2.05) is 42.2 Å². The highest BCUT2D eigenvalue weighted by molar-refractivity contribution is 6.32. The topological polar surface area (TPSA) is 55.9 Å². The van der Waals surface area contributed by atoms with E-state index < -0.39 is 0 Å². The second-order valence-electron chi connectivity index (χ2n) is 4.61. The summed E-state index contributed by atoms with van der Waals surface area (Å²) in [4.78, 5) is 0. The fourth-order valence-corrected chi connectivity index (χ4v) is 2.38. The molecule has 0 saturated carbocycles. The SMILES string of the molecule is CCn1cc(CC(NN)c2cccc(C)c2Cl)cn1. The van der Waals surface area contributed by atoms with Gasteiger partial charge >= 0.3 is 0 Å². The summed E-state index contributed by atoms with van der Waals surface area (Å²) in [7, 11) is 0. The van der Waals surface area contributed by atoms with Crippen LogP contribution in [0.15, 0.2) is 30.6 Å². The van der Waals surface area contributed by atoms with E-state index in [4.69, 9.17) is 17.4 Å². The van der Waals surface area contributed by atoms with E-state index in [-0.39, 0.29) is 6.04 Å². The Labute approximate surface area is 118 Å². The van der Waals surface area contributed by atoms with E-state index in [0.717, 1.165) is 34.7 Å². The minimum atomic E-state index is -0.0121. The number of aromatic nitrogens is 2. The summed E-state index contributed by atoms with van der Waals surface area (Å²) in [5.74, 6) is 5.68. The zero-order valence-corrected chi connectivity index (χ0v) is 12.0. The maximum Gasteiger partial charge on any atom is 0.0522 e. The molecule has 0 bridgehead atoms. The fraction of sp³-hybridized carbons (Fsp3) is 0.357. The Morgan fingerprint density at radius 3 is 2.89 bits per heavy atom. The van der Waals surface area contributed by atoms with Crippen LogP contribution < -0.4 is 11.3 Å². The average molecular weight is 279 g/mol. The Bertz CT molecular complexity index is 550. The second kappa shape index (κ2) is 6.19. The summed E-state index contributed by atoms with van der Waals surface area (Å²) in [6.45, 7) is 4.92. The molecule has 0 aliphatic rings. The van der Waals surface area contributed by atoms with Gasteiger partial charge in [-0.25, -0.2) is 0 Å². The molecule has 1 aromatic carbocycles. The van der Waals surface area contributed by atoms with Gasteiger partial charge in [0, 0.05) is 17.8 Å². The smallest absolute Gasteiger partial charge is 0.0522 e. The molecular formula is C14H19ClN4. The van der Waals surface area contributed by atoms with E-state index in [2.05, 4.69) is 17.4 Å². The molecule has 0 aliphatic heterocycles. The van der Waals surface area contributed by atoms with Gasteiger partial charge in [-0.15, -0.1) is 0 Å². The summed E-state index contributed by atoms with van der Waals surface area (Å²) < 4.78 is 1.90. The average Bonchev–Trinajstić information content (AvgIpc) is 2.87. The number of halogens is 1. The van der Waals surface area contributed by atoms with Crippen LogP contribution in [0.3, 0.4) is 0 Å². The standard InChI is InChI=1S/C14H19ClN4/c1-3-19-9-11(8-17-19)7-13(18-16)12-6-4-5-10(2)14(12)15/h4-6,8-9,13,18H,3,7,16H2,1-2H3. The number of hydrogen-bond acceptors (Lipinski definition) is 3. The molecule has 0 spiro atoms. The first kappa shape index (κ1) is 14.1. The van der Waals surface area contributed by atoms with Crippen molar-refractivity contribution in [1.29, 1.82) is 0 Å². The van der Waals surface area contributed by atoms with Gasteiger partial charge in [0.25, 0.3) is 0 Å². The van der Waals surface area contributed by atoms with Crippen molar-refractivity contribution in [3.8, 4) is 0 Å². The van der Waals surface area contributed by atoms with Gasteiger partial charge in [-0.05, 0) is 37.0 Å². The number of benzene rings is 1. The van der Waals surface area contributed by atoms with Gasteiger partial charge < -0.3 is 0 Å². The van der Waals surface area contributed by atoms with Gasteiger partial charge in [0.15, 0.2) is 0 Å². The van der Waals surface area contributed by atoms with Gasteiger partial charge in [0.2, 0.25) is 0 Å². The third-order valence-electron chi connectivity index (χ3n) is 3.25. The number of hydrazine groups is 1. The summed E-state index contributed by atoms with van der Waals surface area (Å²) in [5.41, 5.74) is 6.06. The molecule has 0 radical (unpaired) electrons. The minimum absolute atomic E-state index is 0.0121. The first-order chi connectivity index (χ1) is 9.15. The third kappa shape index (κ3) is 3.15. The van der Waals surface area contributed by atoms with Crippen molar-refractivity contribution in [1.82, 2.24) is 15.2 Å². The number of nitrogens with two attached hydrogens (primary N) is 1. The van der Waals surface area contributed by atoms with E-state index in [1.54, 1.807) is 0 Å². The molecule has 1 atom stereocenters. The lowest BCUT2D eigenvalue weighted by atomic mass is 9.99. The number of aryl methyl sites for hydroxylation is 2. The molecular weight excluding hydrogens is 260 g/mol. The van der Waals surface area contributed by atoms with E-state index in [9.17, 15) is 0 Å². The number of nitrogens with zero attached hydrogens (tertiary/aromatic N) is 2. The minimum Gasteiger partial charge on any atom is -0.273 e. The second-order valence-corrected chi connectivity index (χ2v) is 4.98. The van der Waals surface area contributed by atoms with Crippen molar-refractivity contribution in [2.24, 2.45) is 5.84 Å². The van der Waals surface area contributed by atoms with E-state index in [1.165, 1.54) is 0 Å². The maximum absolute atomic E-state index is 6.35. The Hall–Kier alpha value is -1.36. The van der Waals surface area contributed by atoms with Crippen LogP contribution in [0.1, 0.15) is 29.7 Å². The van der Waals surface area contributed by atoms with Crippen molar-refractivity contribution >= 4 is 11.6 Å². The largest absolute Gasteiger partial charge is 0.273 e. The first-order valence-corrected chi connectivity index (χ1v) is 6.76. The van der Waals surface area contributed by atoms with Crippen molar-refractivity contribution in [3.63, 3.8) is 0 Å². The van der Waals surface area contributed by atoms with Crippen LogP contribution in [0.2, 0.25) is 5.02 Å². The molecule has 4 nitrogen and oxygen atoms in total. The Balaban J connectivity index is 2.22. The molecule has 0 saturated heterocycles. The Kier molecular flexibility index (Phi) is 4.58. The Morgan fingerprint density at radius 1 is 1.47 bits per heavy atom. The fourth-order valence-electron chi connectivity index (χ4n) is 2.12. The molecule has 0 fully saturated rings. The summed E-state index contributed by atoms with van der Waals surface area (Å²) in [5, 5.41) is 5.04. The van der Waals surface area contributed by atoms with Gasteiger partial charge in [-0.3, -0.25) is 16.0 Å². The molecule has 2 aromatic rings. The molecule has 2 rings (SSSR count). The highest BCUT2D eigenvalue weighted by atomic mass is 35.5. The van der Waals surface area contributed by atoms with E-state index in [0.29, 0.717) is 0 Å². The van der Waals surface area contributed by atoms with Crippen molar-refractivity contribution in [2.45, 2.75) is 32.9 Å². The van der Waals surface area contributed by atoms with Gasteiger partial charge in [0.05, 0.1) is 12.2 Å². The zero-order valence-electron chi connectivity index (χ0n) is 11.2. The predicted molar refractivity (Wildman–Crippen MR) is 77.9 cm³/mol. The van der Waals surface area contributed by atoms with Crippen LogP contribution in [0.4, 0.5) is 0 Å². The summed E-state index contributed by atoms with van der Waals surface area (Å²) in [6.07, 6.45) is 4.67. The van der Waals surface area contributed by atoms with Gasteiger partial charge in [-0.2, -0.15) is 5.10 Å². The zero-order chi connectivity index (χ0) is 13.8. The lowest BCUT2D eigenvalue weighted by Crippen LogP contribution is -2.29. The van der Waals surface area contributed by atoms with Crippen molar-refractivity contribution in [3.05, 3.63) is 52.3 Å². The van der Waals surface area contributed by atoms with Crippen LogP contribution in [-0.4, -0.2) is 9.78 Å². The molecule has 1 aromatic heterocycles. The quantitative estimate of drug-likeness (QED) is 0.653. The molecule has 1 heterocycles. The summed E-state index contributed by atoms with van der Waals surface area (Å²) >= 11 is 6.35. The normalized spacial score (nSPS) is 12.6. The van der Waals surface area contributed by atoms with Crippen molar-refractivity contribution in [2.75, 3.05) is 0 Å². The van der Waals surface area contributed by atoms with Crippen LogP contribution in [-0.2, 0) is 13.0 Å². The molecule has 5 heteroatoms. The Morgan fingerprint density at radius 2 is 2.26 bits per heavy atom. The van der Waals surface area contributed by atoms with Gasteiger partial charge in [0.1, 0.15) is 0 Å². The lowest BCUT2D eigenvalue weighted by molar-refractivity contribution is 0.551. The molecule has 19 heavy (non-hydrogen) atoms. The van der Waals surface area contributed by atoms with E-state index >= 15 is 0 Å². The summed E-state index contributed by atoms with van der Waals surface area (Å²) in [6, 6.07) is 5.98. The number of hydrogen-bond donors (Lipinski definition) is 2. The van der Waals surface area contributed by atoms with Crippen LogP contribution in [0.25, 0.3) is 0 Å². The molecule has 0 amide bonds. The lowest BCUT2D eigenvalue weighted by Gasteiger charge is -2.18. The van der Waals surface area contributed by atoms with Crippen molar-refractivity contribution < 1.29 is 0 Å². The monoisotopic (exact) mass is 278 g/mol. The molecule has 3 N–H and O–H groups in total. The predicted octanol–water partition coefficient (Wildman–Crippen LogP) is 2.61. The van der Waals surface area contributed by atoms with Crippen LogP contribution in [0.5, 0.6) is 0 Å².